The Balaban J connectivity index is 1.62. The molecular weight excluding hydrogens is 438 g/mol. The van der Waals surface area contributed by atoms with Crippen LogP contribution in [0.4, 0.5) is 0 Å². The molecule has 0 spiro atoms. The second-order valence-electron chi connectivity index (χ2n) is 9.46. The number of aryl methyl sites for hydroxylation is 1. The van der Waals surface area contributed by atoms with Gasteiger partial charge in [-0.05, 0) is 55.7 Å². The first-order valence-electron chi connectivity index (χ1n) is 12.1. The number of allylic oxidation sites excluding steroid dienone is 1. The third kappa shape index (κ3) is 4.21. The van der Waals surface area contributed by atoms with Crippen molar-refractivity contribution in [1.82, 2.24) is 4.90 Å². The second kappa shape index (κ2) is 9.23. The van der Waals surface area contributed by atoms with Gasteiger partial charge in [0.25, 0.3) is 0 Å². The van der Waals surface area contributed by atoms with E-state index in [0.29, 0.717) is 13.1 Å². The molecule has 180 valence electrons. The van der Waals surface area contributed by atoms with E-state index >= 15 is 0 Å². The lowest BCUT2D eigenvalue weighted by Gasteiger charge is -2.34. The molecule has 5 rings (SSSR count). The molecule has 5 heteroatoms. The molecule has 1 amide bonds. The van der Waals surface area contributed by atoms with Crippen LogP contribution >= 0.6 is 0 Å². The maximum Gasteiger partial charge on any atom is 0.247 e. The normalized spacial score (nSPS) is 18.9. The van der Waals surface area contributed by atoms with Crippen molar-refractivity contribution in [1.29, 1.82) is 0 Å². The highest BCUT2D eigenvalue weighted by Gasteiger charge is 2.25. The summed E-state index contributed by atoms with van der Waals surface area (Å²) in [6.45, 7) is 9.15. The number of methoxy groups -OCH3 is 1. The van der Waals surface area contributed by atoms with Gasteiger partial charge in [-0.2, -0.15) is 0 Å². The Hall–Kier alpha value is -3.57. The van der Waals surface area contributed by atoms with E-state index < -0.39 is 0 Å². The fraction of sp³-hybridized carbons (Fsp3) is 0.300. The zero-order chi connectivity index (χ0) is 24.7. The number of fused-ring (bicyclic) bond motifs is 2. The van der Waals surface area contributed by atoms with Crippen LogP contribution in [0.5, 0.6) is 5.75 Å². The van der Waals surface area contributed by atoms with Crippen molar-refractivity contribution in [3.8, 4) is 16.9 Å². The Morgan fingerprint density at radius 1 is 1.03 bits per heavy atom. The highest BCUT2D eigenvalue weighted by atomic mass is 16.5. The molecule has 2 unspecified atom stereocenters. The van der Waals surface area contributed by atoms with E-state index in [4.69, 9.17) is 13.9 Å². The fourth-order valence-corrected chi connectivity index (χ4v) is 5.25. The average Bonchev–Trinajstić information content (AvgIpc) is 3.27. The van der Waals surface area contributed by atoms with Crippen LogP contribution in [-0.2, 0) is 9.53 Å². The number of carbonyl (C=O) groups excluding carboxylic acids is 1. The molecule has 4 aromatic rings. The zero-order valence-corrected chi connectivity index (χ0v) is 20.9. The lowest BCUT2D eigenvalue weighted by Crippen LogP contribution is -2.47. The Labute approximate surface area is 205 Å². The molecule has 0 radical (unpaired) electrons. The first-order chi connectivity index (χ1) is 16.9. The molecular formula is C30H31NO4. The minimum absolute atomic E-state index is 0.00854. The van der Waals surface area contributed by atoms with Crippen LogP contribution in [0, 0.1) is 6.92 Å². The summed E-state index contributed by atoms with van der Waals surface area (Å²) in [6, 6.07) is 16.8. The minimum Gasteiger partial charge on any atom is -0.496 e. The molecule has 1 saturated heterocycles. The summed E-state index contributed by atoms with van der Waals surface area (Å²) in [6.07, 6.45) is 3.59. The van der Waals surface area contributed by atoms with Crippen LogP contribution in [0.3, 0.4) is 0 Å². The Bertz CT molecular complexity index is 1430. The number of hydrogen-bond acceptors (Lipinski definition) is 4. The first kappa shape index (κ1) is 23.2. The Morgan fingerprint density at radius 2 is 1.74 bits per heavy atom. The average molecular weight is 470 g/mol. The maximum atomic E-state index is 13.1. The SMILES string of the molecule is COc1c(/C(C)=C/C(=O)N2CC(C)OC(C)C2)cc2c(-c3cccc4ccccc34)coc2c1C. The van der Waals surface area contributed by atoms with Crippen molar-refractivity contribution in [3.05, 3.63) is 72.0 Å². The standard InChI is InChI=1S/C30H31NO4/c1-18(13-28(32)31-15-19(2)35-20(3)16-31)25-14-26-27(17-34-30(26)21(4)29(25)33-5)24-12-8-10-22-9-6-7-11-23(22)24/h6-14,17,19-20H,15-16H2,1-5H3/b18-13+. The van der Waals surface area contributed by atoms with Crippen LogP contribution in [0.1, 0.15) is 31.9 Å². The summed E-state index contributed by atoms with van der Waals surface area (Å²) in [5.41, 5.74) is 5.60. The number of furan rings is 1. The third-order valence-electron chi connectivity index (χ3n) is 6.82. The molecule has 3 aromatic carbocycles. The van der Waals surface area contributed by atoms with Gasteiger partial charge in [0.05, 0.1) is 25.6 Å². The van der Waals surface area contributed by atoms with Crippen LogP contribution < -0.4 is 4.74 Å². The van der Waals surface area contributed by atoms with Gasteiger partial charge in [0.1, 0.15) is 11.3 Å². The van der Waals surface area contributed by atoms with Crippen LogP contribution in [-0.4, -0.2) is 43.2 Å². The molecule has 0 N–H and O–H groups in total. The molecule has 1 aromatic heterocycles. The van der Waals surface area contributed by atoms with Crippen LogP contribution in [0.2, 0.25) is 0 Å². The van der Waals surface area contributed by atoms with Crippen molar-refractivity contribution in [2.24, 2.45) is 0 Å². The number of hydrogen-bond donors (Lipinski definition) is 0. The zero-order valence-electron chi connectivity index (χ0n) is 20.9. The summed E-state index contributed by atoms with van der Waals surface area (Å²) in [5, 5.41) is 3.36. The largest absolute Gasteiger partial charge is 0.496 e. The highest BCUT2D eigenvalue weighted by Crippen LogP contribution is 2.42. The number of nitrogens with zero attached hydrogens (tertiary/aromatic N) is 1. The fourth-order valence-electron chi connectivity index (χ4n) is 5.25. The van der Waals surface area contributed by atoms with E-state index in [-0.39, 0.29) is 18.1 Å². The number of amides is 1. The van der Waals surface area contributed by atoms with E-state index in [1.165, 1.54) is 10.8 Å². The summed E-state index contributed by atoms with van der Waals surface area (Å²) in [5.74, 6) is 0.715. The smallest absolute Gasteiger partial charge is 0.247 e. The van der Waals surface area contributed by atoms with E-state index in [1.54, 1.807) is 13.2 Å². The molecule has 0 saturated carbocycles. The van der Waals surface area contributed by atoms with E-state index in [1.807, 2.05) is 44.9 Å². The van der Waals surface area contributed by atoms with Crippen molar-refractivity contribution in [2.45, 2.75) is 39.9 Å². The number of rotatable bonds is 4. The molecule has 1 aliphatic rings. The number of carbonyl (C=O) groups is 1. The summed E-state index contributed by atoms with van der Waals surface area (Å²) < 4.78 is 17.7. The predicted octanol–water partition coefficient (Wildman–Crippen LogP) is 6.61. The van der Waals surface area contributed by atoms with Gasteiger partial charge in [-0.25, -0.2) is 0 Å². The summed E-state index contributed by atoms with van der Waals surface area (Å²) >= 11 is 0. The van der Waals surface area contributed by atoms with E-state index in [9.17, 15) is 4.79 Å². The lowest BCUT2D eigenvalue weighted by atomic mass is 9.94. The van der Waals surface area contributed by atoms with Gasteiger partial charge in [-0.3, -0.25) is 4.79 Å². The van der Waals surface area contributed by atoms with Crippen molar-refractivity contribution in [2.75, 3.05) is 20.2 Å². The van der Waals surface area contributed by atoms with Crippen molar-refractivity contribution >= 4 is 33.2 Å². The van der Waals surface area contributed by atoms with Gasteiger partial charge in [0.2, 0.25) is 5.91 Å². The van der Waals surface area contributed by atoms with Gasteiger partial charge < -0.3 is 18.8 Å². The molecule has 5 nitrogen and oxygen atoms in total. The molecule has 2 heterocycles. The predicted molar refractivity (Wildman–Crippen MR) is 141 cm³/mol. The van der Waals surface area contributed by atoms with Crippen molar-refractivity contribution < 1.29 is 18.7 Å². The Morgan fingerprint density at radius 3 is 2.49 bits per heavy atom. The quantitative estimate of drug-likeness (QED) is 0.316. The first-order valence-corrected chi connectivity index (χ1v) is 12.1. The molecule has 1 fully saturated rings. The molecule has 0 aliphatic carbocycles. The summed E-state index contributed by atoms with van der Waals surface area (Å²) in [7, 11) is 1.66. The van der Waals surface area contributed by atoms with Crippen LogP contribution in [0.15, 0.2) is 65.3 Å². The molecule has 0 bridgehead atoms. The highest BCUT2D eigenvalue weighted by molar-refractivity contribution is 6.07. The molecule has 1 aliphatic heterocycles. The van der Waals surface area contributed by atoms with Gasteiger partial charge >= 0.3 is 0 Å². The topological polar surface area (TPSA) is 51.9 Å². The van der Waals surface area contributed by atoms with Crippen molar-refractivity contribution in [3.63, 3.8) is 0 Å². The van der Waals surface area contributed by atoms with Gasteiger partial charge in [0, 0.05) is 41.2 Å². The maximum absolute atomic E-state index is 13.1. The number of morpholine rings is 1. The molecule has 2 atom stereocenters. The second-order valence-corrected chi connectivity index (χ2v) is 9.46. The monoisotopic (exact) mass is 469 g/mol. The number of ether oxygens (including phenoxy) is 2. The Kier molecular flexibility index (Phi) is 6.12. The van der Waals surface area contributed by atoms with E-state index in [2.05, 4.69) is 42.5 Å². The van der Waals surface area contributed by atoms with E-state index in [0.717, 1.165) is 44.5 Å². The third-order valence-corrected chi connectivity index (χ3v) is 6.82. The number of benzene rings is 3. The van der Waals surface area contributed by atoms with Gasteiger partial charge in [0.15, 0.2) is 0 Å². The van der Waals surface area contributed by atoms with Gasteiger partial charge in [-0.15, -0.1) is 0 Å². The minimum atomic E-state index is -0.00854. The lowest BCUT2D eigenvalue weighted by molar-refractivity contribution is -0.137. The van der Waals surface area contributed by atoms with Crippen LogP contribution in [0.25, 0.3) is 38.4 Å². The molecule has 35 heavy (non-hydrogen) atoms. The van der Waals surface area contributed by atoms with Gasteiger partial charge in [-0.1, -0.05) is 42.5 Å². The summed E-state index contributed by atoms with van der Waals surface area (Å²) in [4.78, 5) is 15.0.